The minimum atomic E-state index is -3.85. The molecule has 10 heteroatoms. The van der Waals surface area contributed by atoms with Gasteiger partial charge in [-0.05, 0) is 32.0 Å². The van der Waals surface area contributed by atoms with Crippen LogP contribution in [0.25, 0.3) is 0 Å². The number of hydrogen-bond acceptors (Lipinski definition) is 7. The van der Waals surface area contributed by atoms with Gasteiger partial charge >= 0.3 is 5.97 Å². The summed E-state index contributed by atoms with van der Waals surface area (Å²) in [5, 5.41) is 2.42. The number of benzene rings is 1. The Morgan fingerprint density at radius 3 is 2.52 bits per heavy atom. The predicted molar refractivity (Wildman–Crippen MR) is 96.1 cm³/mol. The van der Waals surface area contributed by atoms with E-state index >= 15 is 0 Å². The molecule has 1 amide bonds. The number of rotatable bonds is 7. The Hall–Kier alpha value is -2.17. The van der Waals surface area contributed by atoms with Crippen LogP contribution in [0.15, 0.2) is 23.1 Å². The number of esters is 1. The lowest BCUT2D eigenvalue weighted by Crippen LogP contribution is -2.40. The van der Waals surface area contributed by atoms with Crippen LogP contribution < -0.4 is 10.1 Å². The van der Waals surface area contributed by atoms with Crippen LogP contribution in [0.3, 0.4) is 0 Å². The van der Waals surface area contributed by atoms with Crippen LogP contribution in [0.2, 0.25) is 0 Å². The number of carbonyl (C=O) groups excluding carboxylic acids is 2. The molecule has 1 aliphatic heterocycles. The molecule has 0 unspecified atom stereocenters. The van der Waals surface area contributed by atoms with E-state index in [1.54, 1.807) is 13.8 Å². The van der Waals surface area contributed by atoms with Gasteiger partial charge < -0.3 is 19.5 Å². The summed E-state index contributed by atoms with van der Waals surface area (Å²) in [6, 6.07) is 4.09. The fourth-order valence-electron chi connectivity index (χ4n) is 2.50. The van der Waals surface area contributed by atoms with E-state index < -0.39 is 21.9 Å². The van der Waals surface area contributed by atoms with Crippen molar-refractivity contribution in [3.05, 3.63) is 23.8 Å². The zero-order valence-electron chi connectivity index (χ0n) is 15.6. The van der Waals surface area contributed by atoms with Gasteiger partial charge in [0.1, 0.15) is 17.2 Å². The lowest BCUT2D eigenvalue weighted by Gasteiger charge is -2.26. The van der Waals surface area contributed by atoms with Crippen molar-refractivity contribution in [2.24, 2.45) is 0 Å². The minimum Gasteiger partial charge on any atom is -0.495 e. The van der Waals surface area contributed by atoms with Crippen LogP contribution in [0.5, 0.6) is 5.75 Å². The van der Waals surface area contributed by atoms with Gasteiger partial charge in [-0.25, -0.2) is 8.42 Å². The van der Waals surface area contributed by atoms with Crippen molar-refractivity contribution in [2.45, 2.75) is 24.8 Å². The standard InChI is InChI=1S/C17H24N2O7S/c1-12(2)26-16(20)11-18-17(21)13-4-5-14(24-3)15(10-13)27(22,23)19-6-8-25-9-7-19/h4-5,10,12H,6-9,11H2,1-3H3,(H,18,21). The van der Waals surface area contributed by atoms with Gasteiger partial charge in [0.15, 0.2) is 0 Å². The second kappa shape index (κ2) is 9.16. The molecule has 0 aliphatic carbocycles. The number of nitrogens with one attached hydrogen (secondary N) is 1. The molecule has 2 rings (SSSR count). The SMILES string of the molecule is COc1ccc(C(=O)NCC(=O)OC(C)C)cc1S(=O)(=O)N1CCOCC1. The molecule has 0 radical (unpaired) electrons. The topological polar surface area (TPSA) is 111 Å². The third-order valence-corrected chi connectivity index (χ3v) is 5.69. The van der Waals surface area contributed by atoms with Crippen molar-refractivity contribution in [1.82, 2.24) is 9.62 Å². The van der Waals surface area contributed by atoms with Gasteiger partial charge in [0.2, 0.25) is 10.0 Å². The second-order valence-electron chi connectivity index (χ2n) is 6.10. The largest absolute Gasteiger partial charge is 0.495 e. The molecule has 0 atom stereocenters. The van der Waals surface area contributed by atoms with Crippen molar-refractivity contribution in [1.29, 1.82) is 0 Å². The summed E-state index contributed by atoms with van der Waals surface area (Å²) in [6.45, 7) is 4.15. The summed E-state index contributed by atoms with van der Waals surface area (Å²) < 4.78 is 42.4. The van der Waals surface area contributed by atoms with Crippen molar-refractivity contribution in [2.75, 3.05) is 40.0 Å². The number of nitrogens with zero attached hydrogens (tertiary/aromatic N) is 1. The monoisotopic (exact) mass is 400 g/mol. The smallest absolute Gasteiger partial charge is 0.325 e. The molecule has 1 fully saturated rings. The molecule has 9 nitrogen and oxygen atoms in total. The first-order valence-electron chi connectivity index (χ1n) is 8.49. The predicted octanol–water partition coefficient (Wildman–Crippen LogP) is 0.398. The highest BCUT2D eigenvalue weighted by molar-refractivity contribution is 7.89. The maximum Gasteiger partial charge on any atom is 0.325 e. The first-order chi connectivity index (χ1) is 12.8. The van der Waals surface area contributed by atoms with E-state index in [-0.39, 0.29) is 41.9 Å². The van der Waals surface area contributed by atoms with Gasteiger partial charge in [0.25, 0.3) is 5.91 Å². The Bertz CT molecular complexity index is 786. The van der Waals surface area contributed by atoms with E-state index in [2.05, 4.69) is 5.32 Å². The van der Waals surface area contributed by atoms with Crippen LogP contribution >= 0.6 is 0 Å². The van der Waals surface area contributed by atoms with Crippen LogP contribution in [0, 0.1) is 0 Å². The van der Waals surface area contributed by atoms with Gasteiger partial charge in [-0.15, -0.1) is 0 Å². The van der Waals surface area contributed by atoms with E-state index in [4.69, 9.17) is 14.2 Å². The third-order valence-electron chi connectivity index (χ3n) is 3.77. The molecule has 0 spiro atoms. The summed E-state index contributed by atoms with van der Waals surface area (Å²) in [6.07, 6.45) is -0.291. The van der Waals surface area contributed by atoms with Crippen LogP contribution in [-0.2, 0) is 24.3 Å². The van der Waals surface area contributed by atoms with Gasteiger partial charge in [-0.3, -0.25) is 9.59 Å². The quantitative estimate of drug-likeness (QED) is 0.659. The highest BCUT2D eigenvalue weighted by Gasteiger charge is 2.30. The van der Waals surface area contributed by atoms with E-state index in [1.807, 2.05) is 0 Å². The van der Waals surface area contributed by atoms with Crippen molar-refractivity contribution in [3.8, 4) is 5.75 Å². The zero-order valence-corrected chi connectivity index (χ0v) is 16.4. The number of morpholine rings is 1. The highest BCUT2D eigenvalue weighted by Crippen LogP contribution is 2.28. The lowest BCUT2D eigenvalue weighted by molar-refractivity contribution is -0.146. The fourth-order valence-corrected chi connectivity index (χ4v) is 4.09. The molecule has 1 N–H and O–H groups in total. The summed E-state index contributed by atoms with van der Waals surface area (Å²) in [4.78, 5) is 23.7. The van der Waals surface area contributed by atoms with E-state index in [0.29, 0.717) is 13.2 Å². The third kappa shape index (κ3) is 5.41. The Labute approximate surface area is 158 Å². The fraction of sp³-hybridized carbons (Fsp3) is 0.529. The molecule has 150 valence electrons. The molecule has 1 aromatic carbocycles. The summed E-state index contributed by atoms with van der Waals surface area (Å²) >= 11 is 0. The summed E-state index contributed by atoms with van der Waals surface area (Å²) in [5.74, 6) is -1.03. The van der Waals surface area contributed by atoms with Gasteiger partial charge in [-0.2, -0.15) is 4.31 Å². The Morgan fingerprint density at radius 2 is 1.93 bits per heavy atom. The molecule has 27 heavy (non-hydrogen) atoms. The molecule has 1 aromatic rings. The minimum absolute atomic E-state index is 0.0972. The number of ether oxygens (including phenoxy) is 3. The van der Waals surface area contributed by atoms with E-state index in [9.17, 15) is 18.0 Å². The molecular formula is C17H24N2O7S. The van der Waals surface area contributed by atoms with Crippen LogP contribution in [0.4, 0.5) is 0 Å². The maximum absolute atomic E-state index is 12.9. The van der Waals surface area contributed by atoms with E-state index in [0.717, 1.165) is 0 Å². The van der Waals surface area contributed by atoms with Crippen LogP contribution in [0.1, 0.15) is 24.2 Å². The molecule has 0 bridgehead atoms. The number of methoxy groups -OCH3 is 1. The Balaban J connectivity index is 2.21. The molecule has 1 saturated heterocycles. The van der Waals surface area contributed by atoms with Crippen molar-refractivity contribution < 1.29 is 32.2 Å². The van der Waals surface area contributed by atoms with Gasteiger partial charge in [0, 0.05) is 18.7 Å². The lowest BCUT2D eigenvalue weighted by atomic mass is 10.2. The molecule has 0 aromatic heterocycles. The first-order valence-corrected chi connectivity index (χ1v) is 9.93. The zero-order chi connectivity index (χ0) is 20.0. The summed E-state index contributed by atoms with van der Waals surface area (Å²) in [7, 11) is -2.49. The van der Waals surface area contributed by atoms with Crippen molar-refractivity contribution in [3.63, 3.8) is 0 Å². The van der Waals surface area contributed by atoms with Gasteiger partial charge in [-0.1, -0.05) is 0 Å². The number of sulfonamides is 1. The molecule has 1 heterocycles. The normalized spacial score (nSPS) is 15.4. The average molecular weight is 400 g/mol. The van der Waals surface area contributed by atoms with Crippen molar-refractivity contribution >= 4 is 21.9 Å². The summed E-state index contributed by atoms with van der Waals surface area (Å²) in [5.41, 5.74) is 0.0972. The Kier molecular flexibility index (Phi) is 7.17. The highest BCUT2D eigenvalue weighted by atomic mass is 32.2. The van der Waals surface area contributed by atoms with E-state index in [1.165, 1.54) is 29.6 Å². The number of hydrogen-bond donors (Lipinski definition) is 1. The second-order valence-corrected chi connectivity index (χ2v) is 8.01. The number of carbonyl (C=O) groups is 2. The maximum atomic E-state index is 12.9. The number of amides is 1. The molecule has 0 saturated carbocycles. The molecular weight excluding hydrogens is 376 g/mol. The first kappa shape index (κ1) is 21.1. The van der Waals surface area contributed by atoms with Gasteiger partial charge in [0.05, 0.1) is 26.4 Å². The Morgan fingerprint density at radius 1 is 1.26 bits per heavy atom. The molecule has 1 aliphatic rings. The average Bonchev–Trinajstić information content (AvgIpc) is 2.65. The van der Waals surface area contributed by atoms with Crippen LogP contribution in [-0.4, -0.2) is 70.7 Å².